The van der Waals surface area contributed by atoms with Crippen molar-refractivity contribution in [2.24, 2.45) is 23.7 Å². The van der Waals surface area contributed by atoms with Crippen LogP contribution < -0.4 is 4.90 Å². The molecule has 2 heteroatoms. The number of aromatic nitrogens is 1. The molecule has 9 aromatic rings. The summed E-state index contributed by atoms with van der Waals surface area (Å²) in [6.45, 7) is 4.95. The van der Waals surface area contributed by atoms with Gasteiger partial charge in [-0.2, -0.15) is 0 Å². The van der Waals surface area contributed by atoms with Crippen LogP contribution >= 0.6 is 0 Å². The van der Waals surface area contributed by atoms with E-state index in [1.807, 2.05) is 0 Å². The van der Waals surface area contributed by atoms with Crippen molar-refractivity contribution in [1.29, 1.82) is 0 Å². The Morgan fingerprint density at radius 1 is 0.397 bits per heavy atom. The van der Waals surface area contributed by atoms with Gasteiger partial charge in [-0.05, 0) is 161 Å². The van der Waals surface area contributed by atoms with Gasteiger partial charge in [-0.3, -0.25) is 0 Å². The molecule has 4 fully saturated rings. The smallest absolute Gasteiger partial charge is 0.0541 e. The van der Waals surface area contributed by atoms with Crippen LogP contribution in [0.25, 0.3) is 49.7 Å². The van der Waals surface area contributed by atoms with E-state index < -0.39 is 0 Å². The number of nitrogens with zero attached hydrogens (tertiary/aromatic N) is 2. The van der Waals surface area contributed by atoms with Gasteiger partial charge in [0, 0.05) is 44.4 Å². The maximum Gasteiger partial charge on any atom is 0.0541 e. The first-order valence-corrected chi connectivity index (χ1v) is 23.3. The molecule has 1 spiro atoms. The molecule has 1 heterocycles. The highest BCUT2D eigenvalue weighted by molar-refractivity contribution is 6.09. The topological polar surface area (TPSA) is 8.17 Å². The van der Waals surface area contributed by atoms with Gasteiger partial charge in [0.15, 0.2) is 0 Å². The minimum absolute atomic E-state index is 0.0533. The fourth-order valence-corrected chi connectivity index (χ4v) is 13.8. The van der Waals surface area contributed by atoms with E-state index in [1.54, 1.807) is 16.7 Å². The molecule has 14 rings (SSSR count). The lowest BCUT2D eigenvalue weighted by Crippen LogP contribution is -2.58. The van der Waals surface area contributed by atoms with Crippen LogP contribution in [0.15, 0.2) is 194 Å². The lowest BCUT2D eigenvalue weighted by atomic mass is 9.39. The monoisotopic (exact) mass is 812 g/mol. The Labute approximate surface area is 371 Å². The summed E-state index contributed by atoms with van der Waals surface area (Å²) in [5, 5.41) is 2.57. The molecular formula is C61H52N2. The molecule has 5 aliphatic rings. The average molecular weight is 813 g/mol. The largest absolute Gasteiger partial charge is 0.310 e. The highest BCUT2D eigenvalue weighted by Gasteiger charge is 2.62. The number of fused-ring (bicyclic) bond motifs is 5. The minimum atomic E-state index is -0.0822. The van der Waals surface area contributed by atoms with Gasteiger partial charge in [-0.1, -0.05) is 147 Å². The molecule has 0 atom stereocenters. The molecule has 0 N–H and O–H groups in total. The molecule has 4 saturated carbocycles. The van der Waals surface area contributed by atoms with E-state index in [-0.39, 0.29) is 10.8 Å². The lowest BCUT2D eigenvalue weighted by Gasteiger charge is -2.64. The summed E-state index contributed by atoms with van der Waals surface area (Å²) in [6.07, 6.45) is 6.94. The molecule has 63 heavy (non-hydrogen) atoms. The quantitative estimate of drug-likeness (QED) is 0.162. The third-order valence-corrected chi connectivity index (χ3v) is 16.2. The van der Waals surface area contributed by atoms with Crippen molar-refractivity contribution in [3.8, 4) is 27.9 Å². The highest BCUT2D eigenvalue weighted by Crippen LogP contribution is 2.69. The van der Waals surface area contributed by atoms with Gasteiger partial charge >= 0.3 is 0 Å². The minimum Gasteiger partial charge on any atom is -0.310 e. The van der Waals surface area contributed by atoms with Crippen molar-refractivity contribution in [2.45, 2.75) is 56.8 Å². The standard InChI is InChI=1S/C61H52N2/c1-60(2)54-19-8-9-20-56(54)61(46-34-40-33-41(36-46)37-47(61)35-40)57-39-51(31-32-55(57)60)62(50-16-12-15-45(38-50)42-13-4-3-5-14-42)48-27-23-43(24-28-48)44-25-29-49(30-26-44)63-58-21-10-6-17-52(58)53-18-7-11-22-59(53)63/h3-32,38-41,46-47H,33-37H2,1-2H3. The third kappa shape index (κ3) is 5.50. The Hall–Kier alpha value is -6.64. The molecule has 4 bridgehead atoms. The van der Waals surface area contributed by atoms with Crippen LogP contribution in [-0.2, 0) is 10.8 Å². The summed E-state index contributed by atoms with van der Waals surface area (Å²) in [5.41, 5.74) is 18.4. The van der Waals surface area contributed by atoms with Crippen molar-refractivity contribution < 1.29 is 0 Å². The molecule has 0 saturated heterocycles. The van der Waals surface area contributed by atoms with Crippen molar-refractivity contribution in [3.05, 3.63) is 216 Å². The molecule has 5 aliphatic carbocycles. The molecule has 8 aromatic carbocycles. The second-order valence-corrected chi connectivity index (χ2v) is 19.8. The van der Waals surface area contributed by atoms with E-state index in [9.17, 15) is 0 Å². The summed E-state index contributed by atoms with van der Waals surface area (Å²) in [6, 6.07) is 73.1. The van der Waals surface area contributed by atoms with Gasteiger partial charge in [0.05, 0.1) is 11.0 Å². The zero-order valence-electron chi connectivity index (χ0n) is 36.2. The number of anilines is 3. The van der Waals surface area contributed by atoms with Crippen LogP contribution in [0.1, 0.15) is 68.2 Å². The van der Waals surface area contributed by atoms with Gasteiger partial charge in [0.1, 0.15) is 0 Å². The summed E-state index contributed by atoms with van der Waals surface area (Å²) < 4.78 is 2.39. The first kappa shape index (κ1) is 37.0. The van der Waals surface area contributed by atoms with E-state index in [2.05, 4.69) is 217 Å². The maximum absolute atomic E-state index is 2.66. The van der Waals surface area contributed by atoms with Crippen LogP contribution in [0.2, 0.25) is 0 Å². The number of rotatable bonds is 6. The summed E-state index contributed by atoms with van der Waals surface area (Å²) in [5.74, 6) is 3.17. The molecule has 0 amide bonds. The summed E-state index contributed by atoms with van der Waals surface area (Å²) in [4.78, 5) is 2.53. The van der Waals surface area contributed by atoms with Crippen LogP contribution in [0.4, 0.5) is 17.1 Å². The molecule has 1 aromatic heterocycles. The fourth-order valence-electron chi connectivity index (χ4n) is 13.8. The summed E-state index contributed by atoms with van der Waals surface area (Å²) >= 11 is 0. The zero-order valence-corrected chi connectivity index (χ0v) is 36.2. The predicted molar refractivity (Wildman–Crippen MR) is 263 cm³/mol. The first-order chi connectivity index (χ1) is 30.9. The van der Waals surface area contributed by atoms with Gasteiger partial charge in [-0.25, -0.2) is 0 Å². The molecule has 2 nitrogen and oxygen atoms in total. The average Bonchev–Trinajstić information content (AvgIpc) is 3.66. The fraction of sp³-hybridized carbons (Fsp3) is 0.213. The SMILES string of the molecule is CC1(C)c2ccccc2C2(c3cc(N(c4ccc(-c5ccc(-n6c7ccccc7c7ccccc76)cc5)cc4)c4cccc(-c5ccccc5)c4)ccc31)C1CC3CC(C1)CC2C3. The number of hydrogen-bond donors (Lipinski definition) is 0. The molecule has 0 unspecified atom stereocenters. The first-order valence-electron chi connectivity index (χ1n) is 23.3. The maximum atomic E-state index is 2.66. The lowest BCUT2D eigenvalue weighted by molar-refractivity contribution is -0.0443. The Kier molecular flexibility index (Phi) is 8.17. The normalized spacial score (nSPS) is 22.6. The predicted octanol–water partition coefficient (Wildman–Crippen LogP) is 16.0. The second-order valence-electron chi connectivity index (χ2n) is 19.8. The van der Waals surface area contributed by atoms with Crippen molar-refractivity contribution in [1.82, 2.24) is 4.57 Å². The van der Waals surface area contributed by atoms with Crippen LogP contribution in [-0.4, -0.2) is 4.57 Å². The van der Waals surface area contributed by atoms with Crippen molar-refractivity contribution >= 4 is 38.9 Å². The molecule has 0 aliphatic heterocycles. The Bertz CT molecular complexity index is 3120. The van der Waals surface area contributed by atoms with Crippen LogP contribution in [0, 0.1) is 23.7 Å². The van der Waals surface area contributed by atoms with E-state index in [0.29, 0.717) is 11.8 Å². The van der Waals surface area contributed by atoms with E-state index in [1.165, 1.54) is 104 Å². The number of para-hydroxylation sites is 2. The van der Waals surface area contributed by atoms with Gasteiger partial charge < -0.3 is 9.47 Å². The van der Waals surface area contributed by atoms with Crippen LogP contribution in [0.5, 0.6) is 0 Å². The van der Waals surface area contributed by atoms with E-state index in [0.717, 1.165) is 11.8 Å². The summed E-state index contributed by atoms with van der Waals surface area (Å²) in [7, 11) is 0. The molecule has 306 valence electrons. The van der Waals surface area contributed by atoms with Crippen LogP contribution in [0.3, 0.4) is 0 Å². The number of benzene rings is 8. The zero-order chi connectivity index (χ0) is 41.9. The van der Waals surface area contributed by atoms with Gasteiger partial charge in [-0.15, -0.1) is 0 Å². The Morgan fingerprint density at radius 2 is 0.905 bits per heavy atom. The van der Waals surface area contributed by atoms with E-state index in [4.69, 9.17) is 0 Å². The highest BCUT2D eigenvalue weighted by atomic mass is 15.1. The Balaban J connectivity index is 0.936. The van der Waals surface area contributed by atoms with Crippen molar-refractivity contribution in [3.63, 3.8) is 0 Å². The van der Waals surface area contributed by atoms with Crippen molar-refractivity contribution in [2.75, 3.05) is 4.90 Å². The third-order valence-electron chi connectivity index (χ3n) is 16.2. The Morgan fingerprint density at radius 3 is 1.57 bits per heavy atom. The molecular weight excluding hydrogens is 761 g/mol. The number of hydrogen-bond acceptors (Lipinski definition) is 1. The van der Waals surface area contributed by atoms with Gasteiger partial charge in [0.2, 0.25) is 0 Å². The second kappa shape index (κ2) is 13.9. The van der Waals surface area contributed by atoms with Gasteiger partial charge in [0.25, 0.3) is 0 Å². The van der Waals surface area contributed by atoms with E-state index >= 15 is 0 Å². The molecule has 0 radical (unpaired) electrons.